The Balaban J connectivity index is 2.83. The molecule has 0 aliphatic carbocycles. The normalized spacial score (nSPS) is 10.3. The van der Waals surface area contributed by atoms with E-state index in [9.17, 15) is 0 Å². The molecule has 0 spiro atoms. The van der Waals surface area contributed by atoms with E-state index in [2.05, 4.69) is 11.1 Å². The van der Waals surface area contributed by atoms with Crippen LogP contribution in [0, 0.1) is 6.07 Å². The molecule has 0 saturated carbocycles. The Bertz CT molecular complexity index is 384. The molecule has 0 fully saturated rings. The molecule has 0 aliphatic rings. The van der Waals surface area contributed by atoms with Crippen LogP contribution in [-0.2, 0) is 0 Å². The molecule has 11 heavy (non-hydrogen) atoms. The second-order valence-corrected chi connectivity index (χ2v) is 2.71. The second kappa shape index (κ2) is 2.51. The van der Waals surface area contributed by atoms with Crippen LogP contribution in [0.15, 0.2) is 30.5 Å². The van der Waals surface area contributed by atoms with Crippen molar-refractivity contribution in [1.82, 2.24) is 4.98 Å². The summed E-state index contributed by atoms with van der Waals surface area (Å²) in [7, 11) is 0. The maximum atomic E-state index is 5.74. The fourth-order valence-electron chi connectivity index (χ4n) is 0.985. The van der Waals surface area contributed by atoms with E-state index in [1.807, 2.05) is 24.3 Å². The molecule has 1 aromatic carbocycles. The monoisotopic (exact) mass is 162 g/mol. The fraction of sp³-hybridized carbons (Fsp3) is 0. The summed E-state index contributed by atoms with van der Waals surface area (Å²) in [5, 5.41) is 1.69. The number of rotatable bonds is 0. The van der Waals surface area contributed by atoms with Crippen LogP contribution in [-0.4, -0.2) is 4.98 Å². The highest BCUT2D eigenvalue weighted by molar-refractivity contribution is 6.31. The third-order valence-corrected chi connectivity index (χ3v) is 1.70. The van der Waals surface area contributed by atoms with Crippen molar-refractivity contribution in [3.63, 3.8) is 0 Å². The first-order valence-electron chi connectivity index (χ1n) is 3.27. The van der Waals surface area contributed by atoms with Gasteiger partial charge in [0.2, 0.25) is 0 Å². The molecular formula is C9H5ClN. The third kappa shape index (κ3) is 1.19. The van der Waals surface area contributed by atoms with E-state index in [1.54, 1.807) is 6.20 Å². The number of hydrogen-bond acceptors (Lipinski definition) is 1. The van der Waals surface area contributed by atoms with Crippen molar-refractivity contribution in [2.75, 3.05) is 0 Å². The highest BCUT2D eigenvalue weighted by atomic mass is 35.5. The summed E-state index contributed by atoms with van der Waals surface area (Å²) in [6.45, 7) is 0. The van der Waals surface area contributed by atoms with Crippen molar-refractivity contribution in [2.24, 2.45) is 0 Å². The van der Waals surface area contributed by atoms with E-state index >= 15 is 0 Å². The molecule has 0 N–H and O–H groups in total. The van der Waals surface area contributed by atoms with Gasteiger partial charge in [0.05, 0.1) is 10.5 Å². The quantitative estimate of drug-likeness (QED) is 0.581. The van der Waals surface area contributed by atoms with Crippen LogP contribution in [0.5, 0.6) is 0 Å². The van der Waals surface area contributed by atoms with Crippen molar-refractivity contribution >= 4 is 22.5 Å². The Kier molecular flexibility index (Phi) is 1.51. The van der Waals surface area contributed by atoms with Gasteiger partial charge in [0.15, 0.2) is 0 Å². The lowest BCUT2D eigenvalue weighted by Gasteiger charge is -1.94. The number of halogens is 1. The summed E-state index contributed by atoms with van der Waals surface area (Å²) < 4.78 is 0. The molecule has 1 aromatic heterocycles. The van der Waals surface area contributed by atoms with Crippen molar-refractivity contribution in [3.05, 3.63) is 41.6 Å². The van der Waals surface area contributed by atoms with Gasteiger partial charge in [-0.1, -0.05) is 17.7 Å². The average molecular weight is 163 g/mol. The van der Waals surface area contributed by atoms with Crippen molar-refractivity contribution in [1.29, 1.82) is 0 Å². The van der Waals surface area contributed by atoms with E-state index in [1.165, 1.54) is 0 Å². The highest BCUT2D eigenvalue weighted by Crippen LogP contribution is 2.15. The summed E-state index contributed by atoms with van der Waals surface area (Å²) in [6.07, 6.45) is 1.64. The number of aromatic nitrogens is 1. The molecule has 2 heteroatoms. The Morgan fingerprint density at radius 2 is 2.36 bits per heavy atom. The Hall–Kier alpha value is -1.08. The van der Waals surface area contributed by atoms with Crippen LogP contribution in [0.4, 0.5) is 0 Å². The van der Waals surface area contributed by atoms with Crippen LogP contribution in [0.3, 0.4) is 0 Å². The Morgan fingerprint density at radius 1 is 1.45 bits per heavy atom. The molecule has 0 aliphatic heterocycles. The number of fused-ring (bicyclic) bond motifs is 1. The van der Waals surface area contributed by atoms with Gasteiger partial charge in [0.1, 0.15) is 0 Å². The maximum Gasteiger partial charge on any atom is 0.0703 e. The van der Waals surface area contributed by atoms with E-state index in [0.717, 1.165) is 10.9 Å². The first-order chi connectivity index (χ1) is 5.36. The van der Waals surface area contributed by atoms with Gasteiger partial charge in [-0.2, -0.15) is 0 Å². The zero-order chi connectivity index (χ0) is 7.68. The standard InChI is InChI=1S/C9H5ClN/c10-8-5-7-3-1-2-4-9(7)11-6-8/h2-6H. The van der Waals surface area contributed by atoms with Gasteiger partial charge in [0.25, 0.3) is 0 Å². The van der Waals surface area contributed by atoms with Gasteiger partial charge in [-0.15, -0.1) is 0 Å². The van der Waals surface area contributed by atoms with Gasteiger partial charge in [-0.05, 0) is 24.3 Å². The summed E-state index contributed by atoms with van der Waals surface area (Å²) in [5.74, 6) is 0. The van der Waals surface area contributed by atoms with Gasteiger partial charge < -0.3 is 0 Å². The zero-order valence-corrected chi connectivity index (χ0v) is 6.47. The Labute approximate surface area is 69.6 Å². The zero-order valence-electron chi connectivity index (χ0n) is 5.71. The van der Waals surface area contributed by atoms with Gasteiger partial charge in [-0.25, -0.2) is 0 Å². The summed E-state index contributed by atoms with van der Waals surface area (Å²) in [5.41, 5.74) is 0.952. The van der Waals surface area contributed by atoms with E-state index in [4.69, 9.17) is 11.6 Å². The van der Waals surface area contributed by atoms with Crippen molar-refractivity contribution < 1.29 is 0 Å². The third-order valence-electron chi connectivity index (χ3n) is 1.49. The molecule has 53 valence electrons. The van der Waals surface area contributed by atoms with Crippen LogP contribution in [0.25, 0.3) is 10.9 Å². The van der Waals surface area contributed by atoms with Crippen LogP contribution >= 0.6 is 11.6 Å². The molecule has 0 bridgehead atoms. The average Bonchev–Trinajstić information content (AvgIpc) is 2.04. The lowest BCUT2D eigenvalue weighted by Crippen LogP contribution is -1.76. The molecule has 0 atom stereocenters. The smallest absolute Gasteiger partial charge is 0.0703 e. The van der Waals surface area contributed by atoms with Crippen LogP contribution in [0.2, 0.25) is 5.02 Å². The highest BCUT2D eigenvalue weighted by Gasteiger charge is 1.92. The minimum Gasteiger partial charge on any atom is -0.255 e. The van der Waals surface area contributed by atoms with E-state index < -0.39 is 0 Å². The molecule has 1 nitrogen and oxygen atoms in total. The number of hydrogen-bond donors (Lipinski definition) is 0. The molecule has 2 aromatic rings. The predicted octanol–water partition coefficient (Wildman–Crippen LogP) is 2.69. The van der Waals surface area contributed by atoms with Crippen molar-refractivity contribution in [3.8, 4) is 0 Å². The lowest BCUT2D eigenvalue weighted by atomic mass is 10.2. The lowest BCUT2D eigenvalue weighted by molar-refractivity contribution is 1.41. The van der Waals surface area contributed by atoms with Gasteiger partial charge in [-0.3, -0.25) is 4.98 Å². The molecule has 0 amide bonds. The summed E-state index contributed by atoms with van der Waals surface area (Å²) in [4.78, 5) is 4.13. The molecule has 2 rings (SSSR count). The summed E-state index contributed by atoms with van der Waals surface area (Å²) >= 11 is 5.74. The number of pyridine rings is 1. The maximum absolute atomic E-state index is 5.74. The van der Waals surface area contributed by atoms with Crippen LogP contribution < -0.4 is 0 Å². The fourth-order valence-corrected chi connectivity index (χ4v) is 1.15. The van der Waals surface area contributed by atoms with E-state index in [0.29, 0.717) is 5.02 Å². The van der Waals surface area contributed by atoms with Gasteiger partial charge >= 0.3 is 0 Å². The Morgan fingerprint density at radius 3 is 3.27 bits per heavy atom. The first-order valence-corrected chi connectivity index (χ1v) is 3.65. The number of nitrogens with zero attached hydrogens (tertiary/aromatic N) is 1. The number of benzene rings is 1. The van der Waals surface area contributed by atoms with Gasteiger partial charge in [0, 0.05) is 11.6 Å². The molecule has 1 radical (unpaired) electrons. The molecule has 0 unspecified atom stereocenters. The van der Waals surface area contributed by atoms with Crippen molar-refractivity contribution in [2.45, 2.75) is 0 Å². The minimum atomic E-state index is 0.664. The predicted molar refractivity (Wildman–Crippen MR) is 45.6 cm³/mol. The summed E-state index contributed by atoms with van der Waals surface area (Å²) in [6, 6.07) is 10.5. The SMILES string of the molecule is Clc1cnc2cc[c]cc2c1. The first kappa shape index (κ1) is 6.62. The van der Waals surface area contributed by atoms with E-state index in [-0.39, 0.29) is 0 Å². The largest absolute Gasteiger partial charge is 0.255 e. The van der Waals surface area contributed by atoms with Crippen LogP contribution in [0.1, 0.15) is 0 Å². The molecule has 0 saturated heterocycles. The molecular weight excluding hydrogens is 158 g/mol. The second-order valence-electron chi connectivity index (χ2n) is 2.27. The minimum absolute atomic E-state index is 0.664. The molecule has 1 heterocycles. The topological polar surface area (TPSA) is 12.9 Å².